The van der Waals surface area contributed by atoms with Gasteiger partial charge < -0.3 is 14.4 Å². The lowest BCUT2D eigenvalue weighted by molar-refractivity contribution is -0.119. The molecule has 4 aromatic rings. The lowest BCUT2D eigenvalue weighted by atomic mass is 10.1. The first kappa shape index (κ1) is 22.8. The molecule has 0 N–H and O–H groups in total. The third kappa shape index (κ3) is 4.41. The van der Waals surface area contributed by atoms with Crippen molar-refractivity contribution >= 4 is 34.2 Å². The zero-order valence-electron chi connectivity index (χ0n) is 19.8. The summed E-state index contributed by atoms with van der Waals surface area (Å²) in [7, 11) is 0. The number of halogens is 1. The number of carbonyl (C=O) groups is 2. The maximum atomic E-state index is 13.6. The zero-order valence-corrected chi connectivity index (χ0v) is 19.8. The molecule has 7 heteroatoms. The maximum absolute atomic E-state index is 13.6. The largest absolute Gasteiger partial charge is 0.318 e. The average molecular weight is 471 g/mol. The molecule has 178 valence electrons. The Morgan fingerprint density at radius 3 is 2.43 bits per heavy atom. The first-order valence-electron chi connectivity index (χ1n) is 11.8. The summed E-state index contributed by atoms with van der Waals surface area (Å²) < 4.78 is 15.3. The first-order valence-corrected chi connectivity index (χ1v) is 11.8. The highest BCUT2D eigenvalue weighted by Gasteiger charge is 2.35. The van der Waals surface area contributed by atoms with Crippen LogP contribution in [0.25, 0.3) is 11.0 Å². The van der Waals surface area contributed by atoms with Gasteiger partial charge in [0.2, 0.25) is 11.8 Å². The topological polar surface area (TPSA) is 58.4 Å². The molecule has 6 nitrogen and oxygen atoms in total. The summed E-state index contributed by atoms with van der Waals surface area (Å²) in [5.41, 5.74) is 3.16. The van der Waals surface area contributed by atoms with E-state index in [1.165, 1.54) is 12.1 Å². The molecule has 1 aromatic heterocycles. The number of nitrogens with zero attached hydrogens (tertiary/aromatic N) is 4. The SMILES string of the molecule is CC(C)N(C(=O)Cn1c([C@H]2CC(=O)N(c3ccc(F)cc3)C2)nc2ccccc21)c1ccccc1. The van der Waals surface area contributed by atoms with Gasteiger partial charge in [-0.25, -0.2) is 9.37 Å². The second-order valence-electron chi connectivity index (χ2n) is 9.12. The van der Waals surface area contributed by atoms with Gasteiger partial charge in [-0.3, -0.25) is 9.59 Å². The van der Waals surface area contributed by atoms with Crippen LogP contribution in [0.1, 0.15) is 32.0 Å². The van der Waals surface area contributed by atoms with Crippen LogP contribution in [0.3, 0.4) is 0 Å². The number of fused-ring (bicyclic) bond motifs is 1. The number of para-hydroxylation sites is 3. The van der Waals surface area contributed by atoms with Gasteiger partial charge >= 0.3 is 0 Å². The number of anilines is 2. The summed E-state index contributed by atoms with van der Waals surface area (Å²) in [4.78, 5) is 34.8. The minimum atomic E-state index is -0.342. The van der Waals surface area contributed by atoms with Gasteiger partial charge in [-0.1, -0.05) is 30.3 Å². The molecule has 2 amide bonds. The van der Waals surface area contributed by atoms with Crippen molar-refractivity contribution in [3.8, 4) is 0 Å². The number of hydrogen-bond donors (Lipinski definition) is 0. The molecular weight excluding hydrogens is 443 g/mol. The second-order valence-corrected chi connectivity index (χ2v) is 9.12. The molecule has 0 saturated carbocycles. The summed E-state index contributed by atoms with van der Waals surface area (Å²) >= 11 is 0. The number of rotatable bonds is 6. The second kappa shape index (κ2) is 9.33. The molecule has 0 radical (unpaired) electrons. The quantitative estimate of drug-likeness (QED) is 0.392. The van der Waals surface area contributed by atoms with Gasteiger partial charge in [-0.2, -0.15) is 0 Å². The Labute approximate surface area is 203 Å². The lowest BCUT2D eigenvalue weighted by Crippen LogP contribution is -2.39. The molecule has 0 unspecified atom stereocenters. The summed E-state index contributed by atoms with van der Waals surface area (Å²) in [5, 5.41) is 0. The van der Waals surface area contributed by atoms with E-state index in [0.29, 0.717) is 18.1 Å². The molecule has 1 saturated heterocycles. The Balaban J connectivity index is 1.49. The smallest absolute Gasteiger partial charge is 0.247 e. The predicted octanol–water partition coefficient (Wildman–Crippen LogP) is 5.14. The Morgan fingerprint density at radius 2 is 1.71 bits per heavy atom. The highest BCUT2D eigenvalue weighted by Crippen LogP contribution is 2.33. The standard InChI is InChI=1S/C28H27FN4O2/c1-19(2)33(23-8-4-3-5-9-23)27(35)18-32-25-11-7-6-10-24(25)30-28(32)20-16-26(34)31(17-20)22-14-12-21(29)13-15-22/h3-15,19-20H,16-18H2,1-2H3/t20-/m0/s1. The van der Waals surface area contributed by atoms with Gasteiger partial charge in [0.1, 0.15) is 18.2 Å². The van der Waals surface area contributed by atoms with E-state index in [0.717, 1.165) is 16.7 Å². The van der Waals surface area contributed by atoms with Crippen molar-refractivity contribution in [1.82, 2.24) is 9.55 Å². The van der Waals surface area contributed by atoms with E-state index in [2.05, 4.69) is 0 Å². The fourth-order valence-corrected chi connectivity index (χ4v) is 4.85. The van der Waals surface area contributed by atoms with Gasteiger partial charge in [0.15, 0.2) is 0 Å². The van der Waals surface area contributed by atoms with Gasteiger partial charge in [-0.05, 0) is 62.4 Å². The fourth-order valence-electron chi connectivity index (χ4n) is 4.85. The Morgan fingerprint density at radius 1 is 1.03 bits per heavy atom. The van der Waals surface area contributed by atoms with Gasteiger partial charge in [-0.15, -0.1) is 0 Å². The number of imidazole rings is 1. The normalized spacial score (nSPS) is 15.8. The first-order chi connectivity index (χ1) is 16.9. The van der Waals surface area contributed by atoms with Gasteiger partial charge in [0, 0.05) is 36.3 Å². The Kier molecular flexibility index (Phi) is 6.07. The summed E-state index contributed by atoms with van der Waals surface area (Å²) in [5.74, 6) is 0.103. The van der Waals surface area contributed by atoms with E-state index < -0.39 is 0 Å². The number of aromatic nitrogens is 2. The molecule has 0 aliphatic carbocycles. The van der Waals surface area contributed by atoms with E-state index in [1.807, 2.05) is 73.0 Å². The van der Waals surface area contributed by atoms with Crippen LogP contribution < -0.4 is 9.80 Å². The third-order valence-corrected chi connectivity index (χ3v) is 6.43. The van der Waals surface area contributed by atoms with E-state index >= 15 is 0 Å². The van der Waals surface area contributed by atoms with Crippen molar-refractivity contribution in [3.63, 3.8) is 0 Å². The molecule has 1 fully saturated rings. The van der Waals surface area contributed by atoms with E-state index in [9.17, 15) is 14.0 Å². The Bertz CT molecular complexity index is 1370. The van der Waals surface area contributed by atoms with Crippen molar-refractivity contribution < 1.29 is 14.0 Å². The van der Waals surface area contributed by atoms with Crippen LogP contribution in [0.4, 0.5) is 15.8 Å². The number of hydrogen-bond acceptors (Lipinski definition) is 3. The molecule has 3 aromatic carbocycles. The minimum Gasteiger partial charge on any atom is -0.318 e. The van der Waals surface area contributed by atoms with Crippen molar-refractivity contribution in [1.29, 1.82) is 0 Å². The molecule has 2 heterocycles. The third-order valence-electron chi connectivity index (χ3n) is 6.43. The predicted molar refractivity (Wildman–Crippen MR) is 135 cm³/mol. The molecule has 5 rings (SSSR count). The average Bonchev–Trinajstić information content (AvgIpc) is 3.41. The number of carbonyl (C=O) groups excluding carboxylic acids is 2. The summed E-state index contributed by atoms with van der Waals surface area (Å²) in [6.07, 6.45) is 0.279. The van der Waals surface area contributed by atoms with E-state index in [4.69, 9.17) is 4.98 Å². The Hall–Kier alpha value is -4.00. The molecule has 35 heavy (non-hydrogen) atoms. The summed E-state index contributed by atoms with van der Waals surface area (Å²) in [6.45, 7) is 4.53. The van der Waals surface area contributed by atoms with Crippen LogP contribution in [0.2, 0.25) is 0 Å². The fraction of sp³-hybridized carbons (Fsp3) is 0.250. The van der Waals surface area contributed by atoms with E-state index in [-0.39, 0.29) is 42.6 Å². The molecule has 0 spiro atoms. The van der Waals surface area contributed by atoms with Crippen LogP contribution >= 0.6 is 0 Å². The molecule has 1 atom stereocenters. The maximum Gasteiger partial charge on any atom is 0.247 e. The number of benzene rings is 3. The minimum absolute atomic E-state index is 0.0230. The van der Waals surface area contributed by atoms with Crippen molar-refractivity contribution in [2.75, 3.05) is 16.3 Å². The van der Waals surface area contributed by atoms with Crippen molar-refractivity contribution in [3.05, 3.63) is 90.5 Å². The number of amides is 2. The summed E-state index contributed by atoms with van der Waals surface area (Å²) in [6, 6.07) is 23.3. The van der Waals surface area contributed by atoms with Crippen molar-refractivity contribution in [2.24, 2.45) is 0 Å². The highest BCUT2D eigenvalue weighted by atomic mass is 19.1. The molecule has 1 aliphatic heterocycles. The highest BCUT2D eigenvalue weighted by molar-refractivity contribution is 5.97. The van der Waals surface area contributed by atoms with Gasteiger partial charge in [0.05, 0.1) is 11.0 Å². The zero-order chi connectivity index (χ0) is 24.5. The van der Waals surface area contributed by atoms with Crippen LogP contribution in [-0.4, -0.2) is 34.0 Å². The molecule has 1 aliphatic rings. The van der Waals surface area contributed by atoms with Crippen LogP contribution in [0.5, 0.6) is 0 Å². The van der Waals surface area contributed by atoms with Gasteiger partial charge in [0.25, 0.3) is 0 Å². The van der Waals surface area contributed by atoms with Crippen molar-refractivity contribution in [2.45, 2.75) is 38.8 Å². The van der Waals surface area contributed by atoms with Crippen LogP contribution in [-0.2, 0) is 16.1 Å². The van der Waals surface area contributed by atoms with E-state index in [1.54, 1.807) is 21.9 Å². The van der Waals surface area contributed by atoms with Crippen LogP contribution in [0, 0.1) is 5.82 Å². The molecule has 0 bridgehead atoms. The monoisotopic (exact) mass is 470 g/mol. The molecular formula is C28H27FN4O2. The lowest BCUT2D eigenvalue weighted by Gasteiger charge is -2.27. The van der Waals surface area contributed by atoms with Crippen LogP contribution in [0.15, 0.2) is 78.9 Å².